The number of nitrogens with zero attached hydrogens (tertiary/aromatic N) is 2. The third kappa shape index (κ3) is 6.63. The zero-order valence-electron chi connectivity index (χ0n) is 19.7. The van der Waals surface area contributed by atoms with Crippen LogP contribution in [0.3, 0.4) is 0 Å². The maximum Gasteiger partial charge on any atom is 0.210 e. The minimum absolute atomic E-state index is 0. The van der Waals surface area contributed by atoms with Gasteiger partial charge in [-0.1, -0.05) is 75.9 Å². The van der Waals surface area contributed by atoms with E-state index >= 15 is 0 Å². The molecule has 172 valence electrons. The molecular weight excluding hydrogens is 435 g/mol. The van der Waals surface area contributed by atoms with Gasteiger partial charge in [-0.25, -0.2) is 4.70 Å². The second-order valence-electron chi connectivity index (χ2n) is 8.45. The van der Waals surface area contributed by atoms with E-state index in [1.165, 1.54) is 47.1 Å². The first-order chi connectivity index (χ1) is 15.2. The summed E-state index contributed by atoms with van der Waals surface area (Å²) in [6, 6.07) is 17.1. The molecule has 0 fully saturated rings. The molecule has 32 heavy (non-hydrogen) atoms. The SMILES string of the molecule is CC=Cc1ccc(C2=CC(CCCC)=C(c3cccc(CCCCCC)c3)[N+]2=[N-])cc1.[Ni]. The number of unbranched alkanes of at least 4 members (excludes halogenated alkanes) is 4. The average molecular weight is 471 g/mol. The van der Waals surface area contributed by atoms with Gasteiger partial charge in [0.1, 0.15) is 0 Å². The van der Waals surface area contributed by atoms with Gasteiger partial charge in [0.15, 0.2) is 0 Å². The van der Waals surface area contributed by atoms with Crippen LogP contribution in [0.5, 0.6) is 0 Å². The minimum atomic E-state index is 0. The fourth-order valence-electron chi connectivity index (χ4n) is 4.21. The van der Waals surface area contributed by atoms with Gasteiger partial charge in [-0.15, -0.1) is 0 Å². The van der Waals surface area contributed by atoms with Gasteiger partial charge in [0.2, 0.25) is 11.4 Å². The van der Waals surface area contributed by atoms with Crippen LogP contribution in [-0.2, 0) is 22.9 Å². The number of allylic oxidation sites excluding steroid dienone is 3. The molecule has 1 aliphatic rings. The van der Waals surface area contributed by atoms with Gasteiger partial charge in [0.05, 0.1) is 0 Å². The molecule has 0 unspecified atom stereocenters. The fourth-order valence-corrected chi connectivity index (χ4v) is 4.21. The Balaban J connectivity index is 0.00000363. The van der Waals surface area contributed by atoms with Gasteiger partial charge in [-0.05, 0) is 68.0 Å². The summed E-state index contributed by atoms with van der Waals surface area (Å²) < 4.78 is 1.41. The zero-order valence-corrected chi connectivity index (χ0v) is 20.7. The average Bonchev–Trinajstić information content (AvgIpc) is 3.12. The number of benzene rings is 2. The predicted octanol–water partition coefficient (Wildman–Crippen LogP) is 8.83. The zero-order chi connectivity index (χ0) is 22.1. The Morgan fingerprint density at radius 1 is 0.844 bits per heavy atom. The Morgan fingerprint density at radius 2 is 1.59 bits per heavy atom. The monoisotopic (exact) mass is 470 g/mol. The third-order valence-corrected chi connectivity index (χ3v) is 5.94. The van der Waals surface area contributed by atoms with Crippen LogP contribution in [-0.4, -0.2) is 4.70 Å². The summed E-state index contributed by atoms with van der Waals surface area (Å²) >= 11 is 0. The number of rotatable bonds is 11. The Morgan fingerprint density at radius 3 is 2.28 bits per heavy atom. The molecule has 2 aromatic rings. The Bertz CT molecular complexity index is 980. The van der Waals surface area contributed by atoms with Crippen LogP contribution in [0.15, 0.2) is 66.3 Å². The van der Waals surface area contributed by atoms with Crippen molar-refractivity contribution in [2.24, 2.45) is 0 Å². The van der Waals surface area contributed by atoms with Crippen LogP contribution in [0.4, 0.5) is 0 Å². The maximum absolute atomic E-state index is 11.2. The number of hydrogen-bond donors (Lipinski definition) is 0. The summed E-state index contributed by atoms with van der Waals surface area (Å²) in [5.41, 5.74) is 18.9. The third-order valence-electron chi connectivity index (χ3n) is 5.94. The van der Waals surface area contributed by atoms with E-state index in [-0.39, 0.29) is 16.5 Å². The van der Waals surface area contributed by atoms with E-state index in [4.69, 9.17) is 0 Å². The van der Waals surface area contributed by atoms with Crippen molar-refractivity contribution in [3.05, 3.63) is 94.0 Å². The summed E-state index contributed by atoms with van der Waals surface area (Å²) in [5, 5.41) is 0. The number of aryl methyl sites for hydroxylation is 1. The molecule has 0 N–H and O–H groups in total. The van der Waals surface area contributed by atoms with Crippen molar-refractivity contribution in [1.29, 1.82) is 0 Å². The van der Waals surface area contributed by atoms with Crippen molar-refractivity contribution in [3.8, 4) is 0 Å². The molecule has 0 spiro atoms. The summed E-state index contributed by atoms with van der Waals surface area (Å²) in [6.07, 6.45) is 15.7. The first-order valence-electron chi connectivity index (χ1n) is 11.9. The fraction of sp³-hybridized carbons (Fsp3) is 0.379. The van der Waals surface area contributed by atoms with Gasteiger partial charge < -0.3 is 5.53 Å². The summed E-state index contributed by atoms with van der Waals surface area (Å²) in [5.74, 6) is 0. The Labute approximate surface area is 204 Å². The molecule has 0 aliphatic carbocycles. The van der Waals surface area contributed by atoms with E-state index in [0.29, 0.717) is 0 Å². The largest absolute Gasteiger partial charge is 0.493 e. The van der Waals surface area contributed by atoms with Crippen LogP contribution in [0.1, 0.15) is 88.0 Å². The molecule has 1 aliphatic heterocycles. The van der Waals surface area contributed by atoms with Crippen molar-refractivity contribution >= 4 is 17.5 Å². The molecule has 1 heterocycles. The first kappa shape index (κ1) is 26.0. The van der Waals surface area contributed by atoms with Crippen molar-refractivity contribution in [2.45, 2.75) is 72.1 Å². The quantitative estimate of drug-likeness (QED) is 0.178. The van der Waals surface area contributed by atoms with E-state index < -0.39 is 0 Å². The molecule has 0 bridgehead atoms. The number of hydrogen-bond acceptors (Lipinski definition) is 0. The van der Waals surface area contributed by atoms with E-state index in [9.17, 15) is 5.53 Å². The summed E-state index contributed by atoms with van der Waals surface area (Å²) in [6.45, 7) is 6.49. The van der Waals surface area contributed by atoms with Crippen molar-refractivity contribution in [3.63, 3.8) is 0 Å². The van der Waals surface area contributed by atoms with Gasteiger partial charge in [-0.3, -0.25) is 0 Å². The molecule has 2 nitrogen and oxygen atoms in total. The topological polar surface area (TPSA) is 25.3 Å². The molecule has 0 radical (unpaired) electrons. The molecule has 2 aromatic carbocycles. The van der Waals surface area contributed by atoms with Crippen molar-refractivity contribution in [1.82, 2.24) is 0 Å². The van der Waals surface area contributed by atoms with Crippen molar-refractivity contribution in [2.75, 3.05) is 0 Å². The van der Waals surface area contributed by atoms with Crippen LogP contribution in [0.25, 0.3) is 23.0 Å². The van der Waals surface area contributed by atoms with E-state index in [0.717, 1.165) is 48.2 Å². The molecule has 0 atom stereocenters. The molecule has 0 saturated heterocycles. The second-order valence-corrected chi connectivity index (χ2v) is 8.45. The van der Waals surface area contributed by atoms with Crippen LogP contribution >= 0.6 is 0 Å². The van der Waals surface area contributed by atoms with Gasteiger partial charge in [-0.2, -0.15) is 0 Å². The van der Waals surface area contributed by atoms with Gasteiger partial charge in [0.25, 0.3) is 0 Å². The summed E-state index contributed by atoms with van der Waals surface area (Å²) in [4.78, 5) is 0. The van der Waals surface area contributed by atoms with E-state index in [1.807, 2.05) is 13.0 Å². The molecule has 0 amide bonds. The standard InChI is InChI=1S/C29H36N2.Ni/c1-4-7-9-10-13-24-14-11-16-26(21-24)29-27(15-8-5-2)22-28(31(29)30)25-19-17-23(12-6-3)18-20-25;/h6,11-12,14,16-22H,4-5,7-10,13,15H2,1-3H3;. The summed E-state index contributed by atoms with van der Waals surface area (Å²) in [7, 11) is 0. The molecular formula is C29H36N2Ni. The molecule has 3 heteroatoms. The van der Waals surface area contributed by atoms with Gasteiger partial charge >= 0.3 is 0 Å². The van der Waals surface area contributed by atoms with Gasteiger partial charge in [0, 0.05) is 39.3 Å². The smallest absolute Gasteiger partial charge is 0.210 e. The first-order valence-corrected chi connectivity index (χ1v) is 11.9. The van der Waals surface area contributed by atoms with Crippen LogP contribution in [0, 0.1) is 0 Å². The van der Waals surface area contributed by atoms with E-state index in [2.05, 4.69) is 74.5 Å². The Kier molecular flexibility index (Phi) is 10.8. The molecule has 0 saturated carbocycles. The normalized spacial score (nSPS) is 13.6. The maximum atomic E-state index is 11.2. The molecule has 0 aromatic heterocycles. The van der Waals surface area contributed by atoms with Crippen molar-refractivity contribution < 1.29 is 21.2 Å². The Hall–Kier alpha value is -2.25. The second kappa shape index (κ2) is 13.3. The molecule has 3 rings (SSSR count). The predicted molar refractivity (Wildman–Crippen MR) is 133 cm³/mol. The van der Waals surface area contributed by atoms with E-state index in [1.54, 1.807) is 0 Å². The minimum Gasteiger partial charge on any atom is -0.493 e. The van der Waals surface area contributed by atoms with Crippen LogP contribution in [0.2, 0.25) is 0 Å². The van der Waals surface area contributed by atoms with Crippen LogP contribution < -0.4 is 0 Å².